The van der Waals surface area contributed by atoms with Crippen LogP contribution >= 0.6 is 0 Å². The van der Waals surface area contributed by atoms with Gasteiger partial charge >= 0.3 is 0 Å². The van der Waals surface area contributed by atoms with Gasteiger partial charge in [-0.2, -0.15) is 8.42 Å². The Morgan fingerprint density at radius 1 is 1.40 bits per heavy atom. The van der Waals surface area contributed by atoms with Gasteiger partial charge in [0.1, 0.15) is 10.7 Å². The molecule has 6 heteroatoms. The second-order valence-corrected chi connectivity index (χ2v) is 4.93. The summed E-state index contributed by atoms with van der Waals surface area (Å²) in [6, 6.07) is 6.17. The van der Waals surface area contributed by atoms with Crippen LogP contribution in [0.15, 0.2) is 33.6 Å². The maximum absolute atomic E-state index is 11.7. The largest absolute Gasteiger partial charge is 0.341 e. The molecule has 1 atom stereocenters. The highest BCUT2D eigenvalue weighted by Crippen LogP contribution is 2.26. The molecule has 1 aromatic rings. The lowest BCUT2D eigenvalue weighted by Gasteiger charge is -2.19. The number of benzene rings is 1. The molecule has 3 N–H and O–H groups in total. The van der Waals surface area contributed by atoms with Gasteiger partial charge in [-0.3, -0.25) is 0 Å². The van der Waals surface area contributed by atoms with Gasteiger partial charge in [0.15, 0.2) is 0 Å². The number of nitrogens with one attached hydrogen (secondary N) is 1. The summed E-state index contributed by atoms with van der Waals surface area (Å²) in [6.45, 7) is 1.68. The number of sulfonamides is 1. The maximum atomic E-state index is 11.7. The monoisotopic (exact) mass is 225 g/mol. The Bertz CT molecular complexity index is 520. The zero-order chi connectivity index (χ0) is 11.1. The first-order valence-electron chi connectivity index (χ1n) is 4.47. The summed E-state index contributed by atoms with van der Waals surface area (Å²) in [4.78, 5) is 0.189. The quantitative estimate of drug-likeness (QED) is 0.730. The molecule has 1 aliphatic rings. The van der Waals surface area contributed by atoms with Gasteiger partial charge in [0, 0.05) is 0 Å². The van der Waals surface area contributed by atoms with E-state index in [0.717, 1.165) is 0 Å². The van der Waals surface area contributed by atoms with Crippen molar-refractivity contribution in [3.8, 4) is 0 Å². The van der Waals surface area contributed by atoms with Crippen LogP contribution in [0.5, 0.6) is 0 Å². The number of hydrogen-bond acceptors (Lipinski definition) is 4. The van der Waals surface area contributed by atoms with Gasteiger partial charge in [-0.05, 0) is 19.1 Å². The normalized spacial score (nSPS) is 19.7. The predicted octanol–water partition coefficient (Wildman–Crippen LogP) is 0.547. The summed E-state index contributed by atoms with van der Waals surface area (Å²) in [6.07, 6.45) is 0. The van der Waals surface area contributed by atoms with E-state index in [4.69, 9.17) is 5.73 Å². The molecule has 0 bridgehead atoms. The molecule has 1 heterocycles. The third-order valence-corrected chi connectivity index (χ3v) is 3.43. The molecule has 5 nitrogen and oxygen atoms in total. The van der Waals surface area contributed by atoms with E-state index in [1.165, 1.54) is 6.07 Å². The van der Waals surface area contributed by atoms with E-state index in [-0.39, 0.29) is 10.7 Å². The first kappa shape index (κ1) is 10.1. The molecule has 2 rings (SSSR count). The fraction of sp³-hybridized carbons (Fsp3) is 0.222. The summed E-state index contributed by atoms with van der Waals surface area (Å²) in [5.41, 5.74) is 6.12. The van der Waals surface area contributed by atoms with Crippen molar-refractivity contribution in [2.24, 2.45) is 10.1 Å². The van der Waals surface area contributed by atoms with Crippen LogP contribution in [0, 0.1) is 0 Å². The summed E-state index contributed by atoms with van der Waals surface area (Å²) in [5, 5.41) is 2.90. The Hall–Kier alpha value is -1.40. The molecule has 0 aromatic heterocycles. The minimum Gasteiger partial charge on any atom is -0.341 e. The van der Waals surface area contributed by atoms with Crippen molar-refractivity contribution in [2.75, 3.05) is 5.32 Å². The number of nitrogens with zero attached hydrogens (tertiary/aromatic N) is 1. The van der Waals surface area contributed by atoms with Gasteiger partial charge in [0.05, 0.1) is 11.7 Å². The van der Waals surface area contributed by atoms with E-state index in [2.05, 4.69) is 9.71 Å². The minimum atomic E-state index is -3.59. The average molecular weight is 225 g/mol. The maximum Gasteiger partial charge on any atom is 0.286 e. The zero-order valence-corrected chi connectivity index (χ0v) is 8.95. The fourth-order valence-corrected chi connectivity index (χ4v) is 2.55. The molecular formula is C9H11N3O2S. The molecule has 1 aliphatic heterocycles. The van der Waals surface area contributed by atoms with Gasteiger partial charge in [-0.25, -0.2) is 0 Å². The average Bonchev–Trinajstić information content (AvgIpc) is 2.16. The molecule has 0 spiro atoms. The Balaban J connectivity index is 2.60. The van der Waals surface area contributed by atoms with Gasteiger partial charge in [-0.1, -0.05) is 12.1 Å². The SMILES string of the molecule is CC(N)C1=NS(=O)(=O)c2ccccc2N1. The number of hydrogen-bond donors (Lipinski definition) is 2. The molecule has 0 aliphatic carbocycles. The lowest BCUT2D eigenvalue weighted by atomic mass is 10.2. The highest BCUT2D eigenvalue weighted by Gasteiger charge is 2.25. The second kappa shape index (κ2) is 3.32. The van der Waals surface area contributed by atoms with Crippen LogP contribution in [0.1, 0.15) is 6.92 Å². The van der Waals surface area contributed by atoms with Gasteiger partial charge in [0.25, 0.3) is 10.0 Å². The summed E-state index contributed by atoms with van der Waals surface area (Å²) < 4.78 is 27.0. The van der Waals surface area contributed by atoms with Gasteiger partial charge < -0.3 is 11.1 Å². The van der Waals surface area contributed by atoms with Crippen LogP contribution in [0.4, 0.5) is 5.69 Å². The summed E-state index contributed by atoms with van der Waals surface area (Å²) in [7, 11) is -3.59. The Kier molecular flexibility index (Phi) is 2.24. The zero-order valence-electron chi connectivity index (χ0n) is 8.14. The Morgan fingerprint density at radius 2 is 2.07 bits per heavy atom. The van der Waals surface area contributed by atoms with E-state index in [1.807, 2.05) is 0 Å². The minimum absolute atomic E-state index is 0.189. The third kappa shape index (κ3) is 1.73. The molecular weight excluding hydrogens is 214 g/mol. The number of rotatable bonds is 1. The van der Waals surface area contributed by atoms with Gasteiger partial charge in [0.2, 0.25) is 0 Å². The molecule has 1 unspecified atom stereocenters. The summed E-state index contributed by atoms with van der Waals surface area (Å²) >= 11 is 0. The molecule has 15 heavy (non-hydrogen) atoms. The highest BCUT2D eigenvalue weighted by molar-refractivity contribution is 7.90. The van der Waals surface area contributed by atoms with Gasteiger partial charge in [-0.15, -0.1) is 4.40 Å². The first-order chi connectivity index (χ1) is 7.00. The van der Waals surface area contributed by atoms with E-state index < -0.39 is 16.1 Å². The van der Waals surface area contributed by atoms with Crippen LogP contribution < -0.4 is 11.1 Å². The van der Waals surface area contributed by atoms with Crippen molar-refractivity contribution >= 4 is 21.5 Å². The molecule has 0 saturated carbocycles. The smallest absolute Gasteiger partial charge is 0.286 e. The summed E-state index contributed by atoms with van der Waals surface area (Å²) in [5.74, 6) is 0.272. The standard InChI is InChI=1S/C9H11N3O2S/c1-6(10)9-11-7-4-2-3-5-8(7)15(13,14)12-9/h2-6H,10H2,1H3,(H,11,12). The number of nitrogens with two attached hydrogens (primary N) is 1. The van der Waals surface area contributed by atoms with Crippen LogP contribution in [-0.2, 0) is 10.0 Å². The number of amidine groups is 1. The third-order valence-electron chi connectivity index (χ3n) is 2.08. The Morgan fingerprint density at radius 3 is 2.73 bits per heavy atom. The topological polar surface area (TPSA) is 84.5 Å². The van der Waals surface area contributed by atoms with E-state index in [9.17, 15) is 8.42 Å². The lowest BCUT2D eigenvalue weighted by molar-refractivity contribution is 0.597. The van der Waals surface area contributed by atoms with Crippen molar-refractivity contribution in [1.29, 1.82) is 0 Å². The van der Waals surface area contributed by atoms with E-state index in [1.54, 1.807) is 25.1 Å². The molecule has 0 saturated heterocycles. The van der Waals surface area contributed by atoms with Crippen LogP contribution in [0.2, 0.25) is 0 Å². The molecule has 0 radical (unpaired) electrons. The van der Waals surface area contributed by atoms with E-state index in [0.29, 0.717) is 5.69 Å². The molecule has 0 amide bonds. The Labute approximate surface area is 88.1 Å². The van der Waals surface area contributed by atoms with Crippen molar-refractivity contribution < 1.29 is 8.42 Å². The number of fused-ring (bicyclic) bond motifs is 1. The number of para-hydroxylation sites is 1. The highest BCUT2D eigenvalue weighted by atomic mass is 32.2. The first-order valence-corrected chi connectivity index (χ1v) is 5.91. The lowest BCUT2D eigenvalue weighted by Crippen LogP contribution is -2.36. The molecule has 0 fully saturated rings. The second-order valence-electron chi connectivity index (χ2n) is 3.36. The van der Waals surface area contributed by atoms with Crippen molar-refractivity contribution in [3.05, 3.63) is 24.3 Å². The van der Waals surface area contributed by atoms with Crippen LogP contribution in [0.25, 0.3) is 0 Å². The number of anilines is 1. The predicted molar refractivity (Wildman–Crippen MR) is 58.3 cm³/mol. The fourth-order valence-electron chi connectivity index (χ4n) is 1.33. The van der Waals surface area contributed by atoms with Crippen molar-refractivity contribution in [1.82, 2.24) is 0 Å². The van der Waals surface area contributed by atoms with E-state index >= 15 is 0 Å². The van der Waals surface area contributed by atoms with Crippen LogP contribution in [0.3, 0.4) is 0 Å². The molecule has 1 aromatic carbocycles. The van der Waals surface area contributed by atoms with Crippen LogP contribution in [-0.4, -0.2) is 20.3 Å². The van der Waals surface area contributed by atoms with Crippen molar-refractivity contribution in [2.45, 2.75) is 17.9 Å². The molecule has 80 valence electrons. The van der Waals surface area contributed by atoms with Crippen molar-refractivity contribution in [3.63, 3.8) is 0 Å².